The largest absolute Gasteiger partial charge is 0.345 e. The van der Waals surface area contributed by atoms with Crippen molar-refractivity contribution in [2.24, 2.45) is 0 Å². The van der Waals surface area contributed by atoms with E-state index in [1.54, 1.807) is 18.2 Å². The monoisotopic (exact) mass is 492 g/mol. The summed E-state index contributed by atoms with van der Waals surface area (Å²) in [6.45, 7) is 2.01. The van der Waals surface area contributed by atoms with E-state index in [0.717, 1.165) is 12.0 Å². The molecule has 0 bridgehead atoms. The fourth-order valence-electron chi connectivity index (χ4n) is 3.98. The van der Waals surface area contributed by atoms with Gasteiger partial charge in [0.15, 0.2) is 0 Å². The van der Waals surface area contributed by atoms with Crippen LogP contribution in [-0.4, -0.2) is 10.5 Å². The van der Waals surface area contributed by atoms with Crippen molar-refractivity contribution in [2.45, 2.75) is 24.7 Å². The Morgan fingerprint density at radius 1 is 0.969 bits per heavy atom. The van der Waals surface area contributed by atoms with Crippen molar-refractivity contribution in [3.8, 4) is 5.69 Å². The van der Waals surface area contributed by atoms with Crippen molar-refractivity contribution in [2.75, 3.05) is 0 Å². The van der Waals surface area contributed by atoms with E-state index in [1.165, 1.54) is 28.8 Å². The van der Waals surface area contributed by atoms with Gasteiger partial charge >= 0.3 is 0 Å². The smallest absolute Gasteiger partial charge is 0.263 e. The lowest BCUT2D eigenvalue weighted by Crippen LogP contribution is -2.32. The Morgan fingerprint density at radius 2 is 1.59 bits per heavy atom. The van der Waals surface area contributed by atoms with E-state index >= 15 is 0 Å². The summed E-state index contributed by atoms with van der Waals surface area (Å²) in [6, 6.07) is 22.4. The number of carbonyl (C=O) groups is 1. The molecule has 4 nitrogen and oxygen atoms in total. The van der Waals surface area contributed by atoms with Crippen LogP contribution in [0.15, 0.2) is 83.7 Å². The van der Waals surface area contributed by atoms with Gasteiger partial charge in [-0.2, -0.15) is 0 Å². The van der Waals surface area contributed by atoms with Gasteiger partial charge in [-0.3, -0.25) is 14.2 Å². The van der Waals surface area contributed by atoms with Crippen molar-refractivity contribution in [1.29, 1.82) is 0 Å². The van der Waals surface area contributed by atoms with Gasteiger partial charge in [-0.25, -0.2) is 4.39 Å². The van der Waals surface area contributed by atoms with Gasteiger partial charge in [-0.15, -0.1) is 0 Å². The number of hydrogen-bond donors (Lipinski definition) is 1. The normalized spacial score (nSPS) is 12.0. The third kappa shape index (κ3) is 4.10. The zero-order valence-electron chi connectivity index (χ0n) is 17.5. The van der Waals surface area contributed by atoms with Crippen LogP contribution in [0.4, 0.5) is 4.39 Å². The second-order valence-electron chi connectivity index (χ2n) is 7.46. The Hall–Kier alpha value is -3.25. The van der Waals surface area contributed by atoms with Gasteiger partial charge in [0.2, 0.25) is 0 Å². The zero-order valence-corrected chi connectivity index (χ0v) is 19.1. The highest BCUT2D eigenvalue weighted by Gasteiger charge is 2.24. The average Bonchev–Trinajstić information content (AvgIpc) is 2.83. The summed E-state index contributed by atoms with van der Waals surface area (Å²) < 4.78 is 15.0. The van der Waals surface area contributed by atoms with Crippen LogP contribution >= 0.6 is 15.9 Å². The first kappa shape index (κ1) is 22.0. The molecule has 1 heterocycles. The lowest BCUT2D eigenvalue weighted by Gasteiger charge is -2.22. The van der Waals surface area contributed by atoms with Crippen LogP contribution in [0, 0.1) is 5.82 Å². The van der Waals surface area contributed by atoms with Gasteiger partial charge in [-0.1, -0.05) is 71.4 Å². The Morgan fingerprint density at radius 3 is 2.22 bits per heavy atom. The molecule has 0 aliphatic carbocycles. The van der Waals surface area contributed by atoms with E-state index in [9.17, 15) is 14.0 Å². The van der Waals surface area contributed by atoms with Gasteiger partial charge in [0.25, 0.3) is 11.5 Å². The molecule has 0 aliphatic heterocycles. The molecule has 1 amide bonds. The zero-order chi connectivity index (χ0) is 22.7. The highest BCUT2D eigenvalue weighted by Crippen LogP contribution is 2.26. The Kier molecular flexibility index (Phi) is 6.51. The molecule has 0 fully saturated rings. The fraction of sp³-hybridized carbons (Fsp3) is 0.154. The molecule has 3 aromatic carbocycles. The number of rotatable bonds is 6. The van der Waals surface area contributed by atoms with E-state index in [4.69, 9.17) is 0 Å². The molecule has 0 unspecified atom stereocenters. The van der Waals surface area contributed by atoms with Crippen molar-refractivity contribution < 1.29 is 9.18 Å². The number of halogens is 2. The number of hydrogen-bond acceptors (Lipinski definition) is 2. The van der Waals surface area contributed by atoms with Crippen molar-refractivity contribution >= 4 is 32.6 Å². The molecule has 1 aromatic heterocycles. The van der Waals surface area contributed by atoms with Crippen LogP contribution in [0.1, 0.15) is 41.0 Å². The Labute approximate surface area is 193 Å². The summed E-state index contributed by atoms with van der Waals surface area (Å²) in [5.41, 5.74) is 2.20. The first-order chi connectivity index (χ1) is 15.5. The van der Waals surface area contributed by atoms with E-state index < -0.39 is 5.82 Å². The van der Waals surface area contributed by atoms with Gasteiger partial charge in [-0.05, 0) is 42.3 Å². The van der Waals surface area contributed by atoms with Crippen LogP contribution in [0.3, 0.4) is 0 Å². The van der Waals surface area contributed by atoms with Crippen LogP contribution in [-0.2, 0) is 5.33 Å². The van der Waals surface area contributed by atoms with Gasteiger partial charge < -0.3 is 5.32 Å². The molecule has 4 aromatic rings. The third-order valence-corrected chi connectivity index (χ3v) is 6.07. The lowest BCUT2D eigenvalue weighted by atomic mass is 10.0. The quantitative estimate of drug-likeness (QED) is 0.340. The molecular weight excluding hydrogens is 471 g/mol. The summed E-state index contributed by atoms with van der Waals surface area (Å²) >= 11 is 3.47. The first-order valence-electron chi connectivity index (χ1n) is 10.4. The predicted molar refractivity (Wildman–Crippen MR) is 129 cm³/mol. The molecule has 4 rings (SSSR count). The van der Waals surface area contributed by atoms with E-state index in [0.29, 0.717) is 27.7 Å². The second kappa shape index (κ2) is 9.49. The Balaban J connectivity index is 1.92. The van der Waals surface area contributed by atoms with Crippen LogP contribution in [0.2, 0.25) is 0 Å². The minimum atomic E-state index is -0.394. The van der Waals surface area contributed by atoms with E-state index in [2.05, 4.69) is 21.2 Å². The minimum absolute atomic E-state index is 0.170. The molecule has 32 heavy (non-hydrogen) atoms. The molecule has 162 valence electrons. The van der Waals surface area contributed by atoms with Gasteiger partial charge in [0.1, 0.15) is 5.82 Å². The van der Waals surface area contributed by atoms with E-state index in [1.807, 2.05) is 43.3 Å². The van der Waals surface area contributed by atoms with Crippen LogP contribution in [0.25, 0.3) is 16.5 Å². The average molecular weight is 493 g/mol. The number of carbonyl (C=O) groups excluding carboxylic acids is 1. The standard InChI is InChI=1S/C26H22BrFN2O2/c1-2-22(17-8-4-3-5-9-17)29-25(31)24-20-10-6-7-11-21(20)26(32)30(23(24)16-27)19-14-12-18(28)13-15-19/h3-15,22H,2,16H2,1H3,(H,29,31)/t22-/m0/s1. The number of fused-ring (bicyclic) bond motifs is 1. The first-order valence-corrected chi connectivity index (χ1v) is 11.5. The second-order valence-corrected chi connectivity index (χ2v) is 8.02. The van der Waals surface area contributed by atoms with Gasteiger partial charge in [0, 0.05) is 21.8 Å². The lowest BCUT2D eigenvalue weighted by molar-refractivity contribution is 0.0936. The van der Waals surface area contributed by atoms with Crippen LogP contribution in [0.5, 0.6) is 0 Å². The van der Waals surface area contributed by atoms with Crippen molar-refractivity contribution in [1.82, 2.24) is 9.88 Å². The number of aromatic nitrogens is 1. The minimum Gasteiger partial charge on any atom is -0.345 e. The number of nitrogens with zero attached hydrogens (tertiary/aromatic N) is 1. The SMILES string of the molecule is CC[C@H](NC(=O)c1c(CBr)n(-c2ccc(F)cc2)c(=O)c2ccccc12)c1ccccc1. The number of pyridine rings is 1. The molecule has 0 aliphatic rings. The summed E-state index contributed by atoms with van der Waals surface area (Å²) in [5.74, 6) is -0.656. The fourth-order valence-corrected chi connectivity index (χ4v) is 4.51. The predicted octanol–water partition coefficient (Wildman–Crippen LogP) is 5.91. The number of amides is 1. The number of nitrogens with one attached hydrogen (secondary N) is 1. The molecular formula is C26H22BrFN2O2. The topological polar surface area (TPSA) is 51.1 Å². The molecule has 0 spiro atoms. The highest BCUT2D eigenvalue weighted by atomic mass is 79.9. The maximum atomic E-state index is 13.6. The van der Waals surface area contributed by atoms with Crippen molar-refractivity contribution in [3.63, 3.8) is 0 Å². The Bertz CT molecular complexity index is 1320. The molecule has 0 saturated heterocycles. The maximum absolute atomic E-state index is 13.6. The molecule has 0 saturated carbocycles. The molecule has 6 heteroatoms. The summed E-state index contributed by atoms with van der Waals surface area (Å²) in [5, 5.41) is 4.43. The van der Waals surface area contributed by atoms with Crippen molar-refractivity contribution in [3.05, 3.63) is 112 Å². The van der Waals surface area contributed by atoms with Crippen LogP contribution < -0.4 is 10.9 Å². The highest BCUT2D eigenvalue weighted by molar-refractivity contribution is 9.08. The summed E-state index contributed by atoms with van der Waals surface area (Å²) in [4.78, 5) is 27.0. The number of benzene rings is 3. The molecule has 1 N–H and O–H groups in total. The summed E-state index contributed by atoms with van der Waals surface area (Å²) in [6.07, 6.45) is 0.717. The van der Waals surface area contributed by atoms with E-state index in [-0.39, 0.29) is 22.8 Å². The number of alkyl halides is 1. The maximum Gasteiger partial charge on any atom is 0.263 e. The molecule has 0 radical (unpaired) electrons. The third-order valence-electron chi connectivity index (χ3n) is 5.54. The van der Waals surface area contributed by atoms with Gasteiger partial charge in [0.05, 0.1) is 17.3 Å². The summed E-state index contributed by atoms with van der Waals surface area (Å²) in [7, 11) is 0. The molecule has 1 atom stereocenters.